The first-order valence-electron chi connectivity index (χ1n) is 7.53. The molecule has 0 aliphatic rings. The van der Waals surface area contributed by atoms with Crippen LogP contribution in [-0.4, -0.2) is 36.0 Å². The van der Waals surface area contributed by atoms with Crippen LogP contribution in [0.25, 0.3) is 16.7 Å². The van der Waals surface area contributed by atoms with Crippen LogP contribution in [0.4, 0.5) is 0 Å². The van der Waals surface area contributed by atoms with Gasteiger partial charge < -0.3 is 9.77 Å². The number of rotatable bonds is 4. The summed E-state index contributed by atoms with van der Waals surface area (Å²) in [5, 5.41) is 21.8. The molecule has 1 aromatic carbocycles. The van der Waals surface area contributed by atoms with Crippen LogP contribution in [0.15, 0.2) is 60.1 Å². The van der Waals surface area contributed by atoms with Crippen LogP contribution in [-0.2, 0) is 6.54 Å². The highest BCUT2D eigenvalue weighted by Gasteiger charge is 2.11. The third-order valence-corrected chi connectivity index (χ3v) is 4.15. The van der Waals surface area contributed by atoms with Gasteiger partial charge >= 0.3 is 0 Å². The molecule has 3 heterocycles. The van der Waals surface area contributed by atoms with Crippen molar-refractivity contribution in [1.82, 2.24) is 24.5 Å². The zero-order valence-corrected chi connectivity index (χ0v) is 13.7. The maximum absolute atomic E-state index is 8.84. The van der Waals surface area contributed by atoms with E-state index in [0.717, 1.165) is 28.0 Å². The topological polar surface area (TPSA) is 81.1 Å². The molecule has 1 N–H and O–H groups in total. The Bertz CT molecular complexity index is 1070. The van der Waals surface area contributed by atoms with Crippen LogP contribution in [0.5, 0.6) is 0 Å². The van der Waals surface area contributed by atoms with E-state index in [9.17, 15) is 0 Å². The van der Waals surface area contributed by atoms with Gasteiger partial charge in [-0.15, -0.1) is 5.10 Å². The third kappa shape index (κ3) is 2.85. The van der Waals surface area contributed by atoms with Crippen LogP contribution in [0, 0.1) is 0 Å². The summed E-state index contributed by atoms with van der Waals surface area (Å²) in [6, 6.07) is 11.2. The summed E-state index contributed by atoms with van der Waals surface area (Å²) in [6.07, 6.45) is 6.81. The van der Waals surface area contributed by atoms with Gasteiger partial charge in [0.2, 0.25) is 0 Å². The number of benzene rings is 1. The fraction of sp³-hybridized carbons (Fsp3) is 0.0588. The standard InChI is InChI=1S/C17H13ClN6O/c18-15-5-1-2-6-16(15)24-11-13(21-22-24)10-23-9-12(8-20-25)14-4-3-7-19-17(14)23/h1-9,11,25H,10H2/b20-8+. The van der Waals surface area contributed by atoms with Gasteiger partial charge in [0.15, 0.2) is 0 Å². The van der Waals surface area contributed by atoms with E-state index in [-0.39, 0.29) is 0 Å². The molecule has 0 spiro atoms. The molecule has 7 nitrogen and oxygen atoms in total. The lowest BCUT2D eigenvalue weighted by Gasteiger charge is -2.02. The van der Waals surface area contributed by atoms with E-state index >= 15 is 0 Å². The van der Waals surface area contributed by atoms with Crippen molar-refractivity contribution in [3.8, 4) is 5.69 Å². The average molecular weight is 353 g/mol. The number of aromatic nitrogens is 5. The summed E-state index contributed by atoms with van der Waals surface area (Å²) < 4.78 is 3.58. The Morgan fingerprint density at radius 2 is 2.04 bits per heavy atom. The van der Waals surface area contributed by atoms with Crippen LogP contribution in [0.1, 0.15) is 11.3 Å². The first-order chi connectivity index (χ1) is 12.3. The minimum Gasteiger partial charge on any atom is -0.411 e. The van der Waals surface area contributed by atoms with Crippen molar-refractivity contribution in [2.75, 3.05) is 0 Å². The molecule has 0 bridgehead atoms. The zero-order valence-electron chi connectivity index (χ0n) is 13.0. The Morgan fingerprint density at radius 3 is 2.88 bits per heavy atom. The van der Waals surface area contributed by atoms with Gasteiger partial charge in [-0.25, -0.2) is 9.67 Å². The molecule has 0 saturated heterocycles. The molecule has 0 saturated carbocycles. The molecule has 4 aromatic rings. The number of oxime groups is 1. The van der Waals surface area contributed by atoms with Crippen molar-refractivity contribution in [3.63, 3.8) is 0 Å². The number of fused-ring (bicyclic) bond motifs is 1. The summed E-state index contributed by atoms with van der Waals surface area (Å²) in [6.45, 7) is 0.483. The van der Waals surface area contributed by atoms with Crippen molar-refractivity contribution in [1.29, 1.82) is 0 Å². The maximum atomic E-state index is 8.84. The van der Waals surface area contributed by atoms with Gasteiger partial charge in [0.05, 0.1) is 29.7 Å². The summed E-state index contributed by atoms with van der Waals surface area (Å²) >= 11 is 6.20. The van der Waals surface area contributed by atoms with Crippen molar-refractivity contribution < 1.29 is 5.21 Å². The van der Waals surface area contributed by atoms with E-state index in [2.05, 4.69) is 20.5 Å². The molecule has 0 atom stereocenters. The summed E-state index contributed by atoms with van der Waals surface area (Å²) in [5.41, 5.74) is 3.09. The average Bonchev–Trinajstić information content (AvgIpc) is 3.22. The number of para-hydroxylation sites is 1. The number of halogens is 1. The highest BCUT2D eigenvalue weighted by molar-refractivity contribution is 6.32. The first-order valence-corrected chi connectivity index (χ1v) is 7.91. The lowest BCUT2D eigenvalue weighted by atomic mass is 10.2. The molecule has 0 radical (unpaired) electrons. The van der Waals surface area contributed by atoms with Gasteiger partial charge in [-0.1, -0.05) is 34.1 Å². The molecule has 3 aromatic heterocycles. The molecular formula is C17H13ClN6O. The molecule has 0 amide bonds. The Hall–Kier alpha value is -3.19. The molecule has 124 valence electrons. The lowest BCUT2D eigenvalue weighted by Crippen LogP contribution is -1.99. The highest BCUT2D eigenvalue weighted by Crippen LogP contribution is 2.21. The second-order valence-corrected chi connectivity index (χ2v) is 5.84. The number of hydrogen-bond donors (Lipinski definition) is 1. The van der Waals surface area contributed by atoms with Crippen LogP contribution >= 0.6 is 11.6 Å². The van der Waals surface area contributed by atoms with Gasteiger partial charge in [-0.3, -0.25) is 0 Å². The number of nitrogens with zero attached hydrogens (tertiary/aromatic N) is 6. The summed E-state index contributed by atoms with van der Waals surface area (Å²) in [5.74, 6) is 0. The second-order valence-electron chi connectivity index (χ2n) is 5.44. The predicted octanol–water partition coefficient (Wildman–Crippen LogP) is 3.13. The largest absolute Gasteiger partial charge is 0.411 e. The normalized spacial score (nSPS) is 11.6. The summed E-state index contributed by atoms with van der Waals surface area (Å²) in [7, 11) is 0. The Labute approximate surface area is 147 Å². The molecule has 0 unspecified atom stereocenters. The van der Waals surface area contributed by atoms with E-state index in [1.54, 1.807) is 10.9 Å². The monoisotopic (exact) mass is 352 g/mol. The van der Waals surface area contributed by atoms with Crippen LogP contribution in [0.3, 0.4) is 0 Å². The predicted molar refractivity (Wildman–Crippen MR) is 94.6 cm³/mol. The SMILES string of the molecule is O/N=C/c1cn(Cc2cn(-c3ccccc3Cl)nn2)c2ncccc12. The minimum absolute atomic E-state index is 0.483. The highest BCUT2D eigenvalue weighted by atomic mass is 35.5. The van der Waals surface area contributed by atoms with E-state index in [0.29, 0.717) is 11.6 Å². The molecule has 8 heteroatoms. The van der Waals surface area contributed by atoms with Gasteiger partial charge in [0.25, 0.3) is 0 Å². The van der Waals surface area contributed by atoms with Gasteiger partial charge in [0.1, 0.15) is 11.3 Å². The molecule has 0 aliphatic heterocycles. The molecule has 4 rings (SSSR count). The lowest BCUT2D eigenvalue weighted by molar-refractivity contribution is 0.322. The van der Waals surface area contributed by atoms with E-state index in [4.69, 9.17) is 16.8 Å². The van der Waals surface area contributed by atoms with E-state index < -0.39 is 0 Å². The van der Waals surface area contributed by atoms with Gasteiger partial charge in [0, 0.05) is 23.3 Å². The molecular weight excluding hydrogens is 340 g/mol. The van der Waals surface area contributed by atoms with E-state index in [1.165, 1.54) is 6.21 Å². The zero-order chi connectivity index (χ0) is 17.2. The second kappa shape index (κ2) is 6.37. The van der Waals surface area contributed by atoms with E-state index in [1.807, 2.05) is 53.4 Å². The van der Waals surface area contributed by atoms with Crippen LogP contribution in [0.2, 0.25) is 5.02 Å². The minimum atomic E-state index is 0.483. The summed E-state index contributed by atoms with van der Waals surface area (Å²) in [4.78, 5) is 4.40. The van der Waals surface area contributed by atoms with Gasteiger partial charge in [-0.05, 0) is 24.3 Å². The fourth-order valence-corrected chi connectivity index (χ4v) is 2.96. The number of pyridine rings is 1. The molecule has 0 aliphatic carbocycles. The Kier molecular flexibility index (Phi) is 3.91. The third-order valence-electron chi connectivity index (χ3n) is 3.83. The Morgan fingerprint density at radius 1 is 1.16 bits per heavy atom. The quantitative estimate of drug-likeness (QED) is 0.347. The van der Waals surface area contributed by atoms with Gasteiger partial charge in [-0.2, -0.15) is 0 Å². The van der Waals surface area contributed by atoms with Crippen molar-refractivity contribution in [2.45, 2.75) is 6.54 Å². The maximum Gasteiger partial charge on any atom is 0.140 e. The van der Waals surface area contributed by atoms with Crippen molar-refractivity contribution in [2.24, 2.45) is 5.16 Å². The molecule has 25 heavy (non-hydrogen) atoms. The molecule has 0 fully saturated rings. The van der Waals surface area contributed by atoms with Crippen LogP contribution < -0.4 is 0 Å². The van der Waals surface area contributed by atoms with Crippen molar-refractivity contribution in [3.05, 3.63) is 71.3 Å². The smallest absolute Gasteiger partial charge is 0.140 e. The Balaban J connectivity index is 1.70. The van der Waals surface area contributed by atoms with Crippen molar-refractivity contribution >= 4 is 28.8 Å². The number of hydrogen-bond acceptors (Lipinski definition) is 5. The first kappa shape index (κ1) is 15.3. The fourth-order valence-electron chi connectivity index (χ4n) is 2.74.